The molecule has 1 heterocycles. The summed E-state index contributed by atoms with van der Waals surface area (Å²) in [7, 11) is -3.70. The highest BCUT2D eigenvalue weighted by atomic mass is 32.2. The second kappa shape index (κ2) is 2.63. The van der Waals surface area contributed by atoms with Crippen LogP contribution in [-0.4, -0.2) is 24.3 Å². The molecule has 0 aromatic carbocycles. The normalized spacial score (nSPS) is 11.8. The molecule has 61 valence electrons. The number of H-pyrrole nitrogens is 1. The van der Waals surface area contributed by atoms with E-state index >= 15 is 0 Å². The minimum Gasteiger partial charge on any atom is -0.335 e. The van der Waals surface area contributed by atoms with Crippen LogP contribution in [0, 0.1) is 6.92 Å². The highest BCUT2D eigenvalue weighted by Crippen LogP contribution is 2.04. The highest BCUT2D eigenvalue weighted by Gasteiger charge is 2.16. The zero-order chi connectivity index (χ0) is 8.48. The predicted octanol–water partition coefficient (Wildman–Crippen LogP) is -0.120. The Morgan fingerprint density at radius 2 is 2.27 bits per heavy atom. The summed E-state index contributed by atoms with van der Waals surface area (Å²) < 4.78 is 21.6. The third kappa shape index (κ3) is 1.58. The van der Waals surface area contributed by atoms with E-state index in [0.29, 0.717) is 5.69 Å². The minimum absolute atomic E-state index is 0.245. The maximum absolute atomic E-state index is 10.8. The summed E-state index contributed by atoms with van der Waals surface area (Å²) in [6, 6.07) is 0. The lowest BCUT2D eigenvalue weighted by Gasteiger charge is -1.90. The summed E-state index contributed by atoms with van der Waals surface area (Å²) in [5.41, 5.74) is 0.553. The number of aromatic nitrogens is 2. The molecular weight excluding hydrogens is 168 g/mol. The first-order valence-electron chi connectivity index (χ1n) is 2.89. The lowest BCUT2D eigenvalue weighted by molar-refractivity contribution is 0.249. The van der Waals surface area contributed by atoms with E-state index in [1.165, 1.54) is 6.20 Å². The SMILES string of the molecule is Cc1c[nH]c(S(=O)(=O)C[O])n1. The molecule has 0 atom stereocenters. The Bertz CT molecular complexity index is 340. The highest BCUT2D eigenvalue weighted by molar-refractivity contribution is 7.91. The molecule has 0 bridgehead atoms. The molecule has 0 aliphatic carbocycles. The third-order valence-corrected chi connectivity index (χ3v) is 2.24. The van der Waals surface area contributed by atoms with Crippen LogP contribution in [0.1, 0.15) is 5.69 Å². The monoisotopic (exact) mass is 175 g/mol. The Labute approximate surface area is 64.0 Å². The van der Waals surface area contributed by atoms with Crippen LogP contribution in [0.4, 0.5) is 0 Å². The molecule has 0 saturated heterocycles. The zero-order valence-corrected chi connectivity index (χ0v) is 6.68. The van der Waals surface area contributed by atoms with Gasteiger partial charge in [0.15, 0.2) is 5.94 Å². The molecule has 1 aromatic rings. The topological polar surface area (TPSA) is 82.7 Å². The number of rotatable bonds is 2. The third-order valence-electron chi connectivity index (χ3n) is 1.13. The van der Waals surface area contributed by atoms with E-state index in [2.05, 4.69) is 9.97 Å². The first-order chi connectivity index (χ1) is 5.06. The van der Waals surface area contributed by atoms with Crippen LogP contribution >= 0.6 is 0 Å². The minimum atomic E-state index is -3.70. The van der Waals surface area contributed by atoms with E-state index in [4.69, 9.17) is 0 Å². The average Bonchev–Trinajstić information content (AvgIpc) is 2.36. The predicted molar refractivity (Wildman–Crippen MR) is 36.1 cm³/mol. The molecule has 1 radical (unpaired) electrons. The molecule has 1 aromatic heterocycles. The van der Waals surface area contributed by atoms with Crippen LogP contribution in [0.3, 0.4) is 0 Å². The number of sulfone groups is 1. The maximum atomic E-state index is 10.8. The van der Waals surface area contributed by atoms with Crippen LogP contribution in [0.5, 0.6) is 0 Å². The summed E-state index contributed by atoms with van der Waals surface area (Å²) in [5, 5.41) is 9.87. The molecule has 5 nitrogen and oxygen atoms in total. The summed E-state index contributed by atoms with van der Waals surface area (Å²) in [5.74, 6) is -1.17. The molecule has 0 spiro atoms. The Hall–Kier alpha value is -0.880. The average molecular weight is 175 g/mol. The molecule has 0 amide bonds. The van der Waals surface area contributed by atoms with Crippen molar-refractivity contribution in [2.75, 3.05) is 5.94 Å². The number of nitrogens with one attached hydrogen (secondary N) is 1. The standard InChI is InChI=1S/C5H7N2O3S/c1-4-2-6-5(7-4)11(9,10)3-8/h2H,3H2,1H3,(H,6,7). The first kappa shape index (κ1) is 8.22. The van der Waals surface area contributed by atoms with Gasteiger partial charge in [-0.05, 0) is 6.92 Å². The van der Waals surface area contributed by atoms with Gasteiger partial charge in [0.2, 0.25) is 15.0 Å². The Kier molecular flexibility index (Phi) is 1.97. The smallest absolute Gasteiger partial charge is 0.238 e. The molecule has 0 fully saturated rings. The van der Waals surface area contributed by atoms with Gasteiger partial charge in [-0.2, -0.15) is 0 Å². The maximum Gasteiger partial charge on any atom is 0.238 e. The number of hydrogen-bond donors (Lipinski definition) is 1. The fraction of sp³-hybridized carbons (Fsp3) is 0.400. The lowest BCUT2D eigenvalue weighted by Crippen LogP contribution is -2.06. The summed E-state index contributed by atoms with van der Waals surface area (Å²) in [6.07, 6.45) is 1.43. The van der Waals surface area contributed by atoms with Crippen molar-refractivity contribution in [1.82, 2.24) is 9.97 Å². The van der Waals surface area contributed by atoms with Gasteiger partial charge in [0.05, 0.1) is 5.69 Å². The van der Waals surface area contributed by atoms with Crippen molar-refractivity contribution in [2.24, 2.45) is 0 Å². The Balaban J connectivity index is 3.13. The van der Waals surface area contributed by atoms with Gasteiger partial charge < -0.3 is 4.98 Å². The van der Waals surface area contributed by atoms with Crippen molar-refractivity contribution in [3.05, 3.63) is 11.9 Å². The zero-order valence-electron chi connectivity index (χ0n) is 5.86. The second-order valence-corrected chi connectivity index (χ2v) is 3.93. The fourth-order valence-corrected chi connectivity index (χ4v) is 1.24. The molecule has 1 rings (SSSR count). The van der Waals surface area contributed by atoms with E-state index in [-0.39, 0.29) is 5.16 Å². The molecular formula is C5H7N2O3S. The number of nitrogens with zero attached hydrogens (tertiary/aromatic N) is 1. The van der Waals surface area contributed by atoms with Gasteiger partial charge in [-0.15, -0.1) is 0 Å². The van der Waals surface area contributed by atoms with Gasteiger partial charge in [-0.3, -0.25) is 0 Å². The van der Waals surface area contributed by atoms with Crippen molar-refractivity contribution >= 4 is 9.84 Å². The van der Waals surface area contributed by atoms with Crippen molar-refractivity contribution < 1.29 is 13.5 Å². The number of hydrogen-bond acceptors (Lipinski definition) is 3. The van der Waals surface area contributed by atoms with Gasteiger partial charge >= 0.3 is 0 Å². The number of imidazole rings is 1. The van der Waals surface area contributed by atoms with Crippen molar-refractivity contribution in [3.63, 3.8) is 0 Å². The van der Waals surface area contributed by atoms with Gasteiger partial charge in [-0.25, -0.2) is 18.5 Å². The van der Waals surface area contributed by atoms with E-state index in [9.17, 15) is 13.5 Å². The molecule has 0 unspecified atom stereocenters. The molecule has 1 N–H and O–H groups in total. The van der Waals surface area contributed by atoms with Gasteiger partial charge in [-0.1, -0.05) is 0 Å². The Morgan fingerprint density at radius 1 is 1.64 bits per heavy atom. The molecule has 0 aliphatic rings. The van der Waals surface area contributed by atoms with E-state index in [1.54, 1.807) is 6.92 Å². The van der Waals surface area contributed by atoms with E-state index < -0.39 is 15.8 Å². The first-order valence-corrected chi connectivity index (χ1v) is 4.54. The van der Waals surface area contributed by atoms with Crippen LogP contribution in [-0.2, 0) is 14.9 Å². The van der Waals surface area contributed by atoms with Crippen molar-refractivity contribution in [2.45, 2.75) is 12.1 Å². The number of aryl methyl sites for hydroxylation is 1. The quantitative estimate of drug-likeness (QED) is 0.680. The van der Waals surface area contributed by atoms with Crippen LogP contribution in [0.2, 0.25) is 0 Å². The summed E-state index contributed by atoms with van der Waals surface area (Å²) in [4.78, 5) is 6.01. The summed E-state index contributed by atoms with van der Waals surface area (Å²) >= 11 is 0. The van der Waals surface area contributed by atoms with Crippen molar-refractivity contribution in [3.8, 4) is 0 Å². The number of aromatic amines is 1. The fourth-order valence-electron chi connectivity index (χ4n) is 0.606. The Morgan fingerprint density at radius 3 is 2.64 bits per heavy atom. The van der Waals surface area contributed by atoms with E-state index in [0.717, 1.165) is 0 Å². The lowest BCUT2D eigenvalue weighted by atomic mass is 10.6. The molecule has 0 saturated carbocycles. The van der Waals surface area contributed by atoms with Gasteiger partial charge in [0.25, 0.3) is 0 Å². The summed E-state index contributed by atoms with van der Waals surface area (Å²) in [6.45, 7) is 1.64. The second-order valence-electron chi connectivity index (χ2n) is 2.08. The molecule has 11 heavy (non-hydrogen) atoms. The van der Waals surface area contributed by atoms with Crippen LogP contribution < -0.4 is 0 Å². The van der Waals surface area contributed by atoms with E-state index in [1.807, 2.05) is 0 Å². The van der Waals surface area contributed by atoms with Gasteiger partial charge in [0.1, 0.15) is 0 Å². The van der Waals surface area contributed by atoms with Crippen LogP contribution in [0.15, 0.2) is 11.4 Å². The largest absolute Gasteiger partial charge is 0.335 e. The van der Waals surface area contributed by atoms with Gasteiger partial charge in [0, 0.05) is 6.20 Å². The molecule has 0 aliphatic heterocycles. The van der Waals surface area contributed by atoms with Crippen LogP contribution in [0.25, 0.3) is 0 Å². The van der Waals surface area contributed by atoms with Crippen molar-refractivity contribution in [1.29, 1.82) is 0 Å². The molecule has 6 heteroatoms.